The highest BCUT2D eigenvalue weighted by Gasteiger charge is 2.07. The number of rotatable bonds is 5. The molecule has 6 heteroatoms. The maximum absolute atomic E-state index is 10.3. The van der Waals surface area contributed by atoms with Gasteiger partial charge in [-0.15, -0.1) is 0 Å². The Hall–Kier alpha value is -1.11. The Labute approximate surface area is 88.5 Å². The van der Waals surface area contributed by atoms with Crippen LogP contribution < -0.4 is 5.32 Å². The second-order valence-electron chi connectivity index (χ2n) is 3.13. The molecule has 2 N–H and O–H groups in total. The van der Waals surface area contributed by atoms with Gasteiger partial charge >= 0.3 is 0 Å². The summed E-state index contributed by atoms with van der Waals surface area (Å²) in [4.78, 5) is 0. The standard InChI is InChI=1S/C9H13NO4S/c11-9(7-15(12,13)14)6-10-8-4-2-1-3-5-8/h1-5,9-11H,6-7H2,(H,12,13,14)/p-1. The van der Waals surface area contributed by atoms with Crippen molar-refractivity contribution in [1.29, 1.82) is 0 Å². The molecule has 0 heterocycles. The zero-order valence-electron chi connectivity index (χ0n) is 7.96. The largest absolute Gasteiger partial charge is 0.748 e. The van der Waals surface area contributed by atoms with Crippen LogP contribution in [-0.4, -0.2) is 36.5 Å². The summed E-state index contributed by atoms with van der Waals surface area (Å²) in [5.41, 5.74) is 0.764. The molecule has 84 valence electrons. The van der Waals surface area contributed by atoms with E-state index in [4.69, 9.17) is 0 Å². The Morgan fingerprint density at radius 1 is 1.33 bits per heavy atom. The monoisotopic (exact) mass is 230 g/mol. The lowest BCUT2D eigenvalue weighted by Crippen LogP contribution is -2.27. The van der Waals surface area contributed by atoms with Gasteiger partial charge in [0.05, 0.1) is 22.0 Å². The molecule has 0 saturated heterocycles. The third-order valence-electron chi connectivity index (χ3n) is 1.71. The molecule has 1 aromatic rings. The van der Waals surface area contributed by atoms with Crippen LogP contribution in [0.2, 0.25) is 0 Å². The Bertz CT molecular complexity index is 390. The molecule has 15 heavy (non-hydrogen) atoms. The van der Waals surface area contributed by atoms with E-state index in [0.717, 1.165) is 5.69 Å². The summed E-state index contributed by atoms with van der Waals surface area (Å²) < 4.78 is 30.9. The smallest absolute Gasteiger partial charge is 0.0972 e. The Morgan fingerprint density at radius 2 is 1.93 bits per heavy atom. The molecule has 0 bridgehead atoms. The van der Waals surface area contributed by atoms with Gasteiger partial charge in [-0.05, 0) is 12.1 Å². The van der Waals surface area contributed by atoms with E-state index in [2.05, 4.69) is 5.32 Å². The third kappa shape index (κ3) is 5.36. The Morgan fingerprint density at radius 3 is 2.47 bits per heavy atom. The van der Waals surface area contributed by atoms with Crippen LogP contribution in [0.4, 0.5) is 5.69 Å². The minimum atomic E-state index is -4.37. The lowest BCUT2D eigenvalue weighted by atomic mass is 10.3. The Kier molecular flexibility index (Phi) is 4.07. The molecular formula is C9H12NO4S-. The van der Waals surface area contributed by atoms with Gasteiger partial charge in [0.1, 0.15) is 0 Å². The van der Waals surface area contributed by atoms with Gasteiger partial charge in [-0.2, -0.15) is 0 Å². The maximum Gasteiger partial charge on any atom is 0.0972 e. The number of anilines is 1. The molecular weight excluding hydrogens is 218 g/mol. The van der Waals surface area contributed by atoms with Crippen molar-refractivity contribution in [3.63, 3.8) is 0 Å². The summed E-state index contributed by atoms with van der Waals surface area (Å²) in [5.74, 6) is -0.771. The number of aliphatic hydroxyl groups excluding tert-OH is 1. The van der Waals surface area contributed by atoms with Crippen molar-refractivity contribution in [2.45, 2.75) is 6.10 Å². The topological polar surface area (TPSA) is 89.5 Å². The molecule has 1 aromatic carbocycles. The SMILES string of the molecule is O=S(=O)([O-])CC(O)CNc1ccccc1. The van der Waals surface area contributed by atoms with Crippen molar-refractivity contribution in [1.82, 2.24) is 0 Å². The predicted molar refractivity (Wildman–Crippen MR) is 55.5 cm³/mol. The molecule has 0 aliphatic rings. The minimum Gasteiger partial charge on any atom is -0.748 e. The van der Waals surface area contributed by atoms with Crippen molar-refractivity contribution >= 4 is 15.8 Å². The van der Waals surface area contributed by atoms with E-state index in [1.807, 2.05) is 6.07 Å². The summed E-state index contributed by atoms with van der Waals surface area (Å²) in [5, 5.41) is 12.0. The van der Waals surface area contributed by atoms with E-state index < -0.39 is 22.0 Å². The van der Waals surface area contributed by atoms with Crippen molar-refractivity contribution in [2.24, 2.45) is 0 Å². The lowest BCUT2D eigenvalue weighted by molar-refractivity contribution is 0.207. The van der Waals surface area contributed by atoms with Crippen LogP contribution in [0.15, 0.2) is 30.3 Å². The fraction of sp³-hybridized carbons (Fsp3) is 0.333. The highest BCUT2D eigenvalue weighted by molar-refractivity contribution is 7.85. The fourth-order valence-electron chi connectivity index (χ4n) is 1.09. The van der Waals surface area contributed by atoms with E-state index in [-0.39, 0.29) is 6.54 Å². The molecule has 0 spiro atoms. The highest BCUT2D eigenvalue weighted by atomic mass is 32.2. The first-order chi connectivity index (χ1) is 6.97. The molecule has 0 aromatic heterocycles. The number of nitrogens with one attached hydrogen (secondary N) is 1. The van der Waals surface area contributed by atoms with Gasteiger partial charge in [0.15, 0.2) is 0 Å². The number of hydrogen-bond donors (Lipinski definition) is 2. The van der Waals surface area contributed by atoms with Crippen LogP contribution in [0.3, 0.4) is 0 Å². The quantitative estimate of drug-likeness (QED) is 0.695. The van der Waals surface area contributed by atoms with E-state index >= 15 is 0 Å². The first-order valence-electron chi connectivity index (χ1n) is 4.38. The first-order valence-corrected chi connectivity index (χ1v) is 5.95. The summed E-state index contributed by atoms with van der Waals surface area (Å²) in [6.07, 6.45) is -1.19. The van der Waals surface area contributed by atoms with Gasteiger partial charge in [-0.1, -0.05) is 18.2 Å². The van der Waals surface area contributed by atoms with Gasteiger partial charge in [0.25, 0.3) is 0 Å². The lowest BCUT2D eigenvalue weighted by Gasteiger charge is -2.14. The van der Waals surface area contributed by atoms with Crippen LogP contribution in [0.1, 0.15) is 0 Å². The molecule has 0 radical (unpaired) electrons. The van der Waals surface area contributed by atoms with Crippen LogP contribution in [0.25, 0.3) is 0 Å². The van der Waals surface area contributed by atoms with Gasteiger partial charge < -0.3 is 15.0 Å². The number of benzene rings is 1. The molecule has 0 aliphatic heterocycles. The molecule has 1 unspecified atom stereocenters. The van der Waals surface area contributed by atoms with E-state index in [1.54, 1.807) is 24.3 Å². The zero-order valence-corrected chi connectivity index (χ0v) is 8.78. The highest BCUT2D eigenvalue weighted by Crippen LogP contribution is 2.04. The maximum atomic E-state index is 10.3. The van der Waals surface area contributed by atoms with Crippen molar-refractivity contribution in [3.05, 3.63) is 30.3 Å². The summed E-state index contributed by atoms with van der Waals surface area (Å²) in [7, 11) is -4.37. The van der Waals surface area contributed by atoms with Crippen LogP contribution in [-0.2, 0) is 10.1 Å². The normalized spacial score (nSPS) is 13.5. The molecule has 5 nitrogen and oxygen atoms in total. The predicted octanol–water partition coefficient (Wildman–Crippen LogP) is 0.00460. The van der Waals surface area contributed by atoms with E-state index in [9.17, 15) is 18.1 Å². The summed E-state index contributed by atoms with van der Waals surface area (Å²) >= 11 is 0. The fourth-order valence-corrected chi connectivity index (χ4v) is 1.68. The van der Waals surface area contributed by atoms with Gasteiger partial charge in [-0.3, -0.25) is 0 Å². The summed E-state index contributed by atoms with van der Waals surface area (Å²) in [6, 6.07) is 9.00. The number of para-hydroxylation sites is 1. The molecule has 1 atom stereocenters. The second kappa shape index (κ2) is 5.11. The molecule has 0 aliphatic carbocycles. The summed E-state index contributed by atoms with van der Waals surface area (Å²) in [6.45, 7) is 0.0332. The Balaban J connectivity index is 2.38. The molecule has 0 amide bonds. The zero-order chi connectivity index (χ0) is 11.3. The van der Waals surface area contributed by atoms with Crippen LogP contribution >= 0.6 is 0 Å². The minimum absolute atomic E-state index is 0.0332. The van der Waals surface area contributed by atoms with Gasteiger partial charge in [-0.25, -0.2) is 8.42 Å². The molecule has 0 fully saturated rings. The van der Waals surface area contributed by atoms with Gasteiger partial charge in [0, 0.05) is 12.2 Å². The second-order valence-corrected chi connectivity index (χ2v) is 4.57. The third-order valence-corrected chi connectivity index (χ3v) is 2.51. The number of hydrogen-bond acceptors (Lipinski definition) is 5. The van der Waals surface area contributed by atoms with E-state index in [1.165, 1.54) is 0 Å². The average Bonchev–Trinajstić information content (AvgIpc) is 2.14. The van der Waals surface area contributed by atoms with Crippen LogP contribution in [0, 0.1) is 0 Å². The first kappa shape index (κ1) is 12.0. The van der Waals surface area contributed by atoms with Crippen molar-refractivity contribution < 1.29 is 18.1 Å². The average molecular weight is 230 g/mol. The van der Waals surface area contributed by atoms with Crippen molar-refractivity contribution in [3.8, 4) is 0 Å². The van der Waals surface area contributed by atoms with Gasteiger partial charge in [0.2, 0.25) is 0 Å². The van der Waals surface area contributed by atoms with Crippen LogP contribution in [0.5, 0.6) is 0 Å². The number of aliphatic hydroxyl groups is 1. The van der Waals surface area contributed by atoms with E-state index in [0.29, 0.717) is 0 Å². The molecule has 1 rings (SSSR count). The molecule has 0 saturated carbocycles. The van der Waals surface area contributed by atoms with Crippen molar-refractivity contribution in [2.75, 3.05) is 17.6 Å².